The molecule has 16 heavy (non-hydrogen) atoms. The first kappa shape index (κ1) is 10.6. The van der Waals surface area contributed by atoms with E-state index < -0.39 is 0 Å². The lowest BCUT2D eigenvalue weighted by atomic mass is 10.2. The van der Waals surface area contributed by atoms with E-state index in [1.807, 2.05) is 19.2 Å². The third-order valence-corrected chi connectivity index (χ3v) is 2.25. The average Bonchev–Trinajstić information content (AvgIpc) is 2.27. The molecule has 0 radical (unpaired) electrons. The van der Waals surface area contributed by atoms with Crippen LogP contribution in [-0.4, -0.2) is 4.98 Å². The Morgan fingerprint density at radius 1 is 1.25 bits per heavy atom. The summed E-state index contributed by atoms with van der Waals surface area (Å²) in [6, 6.07) is 8.49. The Morgan fingerprint density at radius 3 is 2.88 bits per heavy atom. The van der Waals surface area contributed by atoms with Gasteiger partial charge < -0.3 is 5.32 Å². The number of nitrogens with one attached hydrogen (secondary N) is 1. The number of pyridine rings is 1. The lowest BCUT2D eigenvalue weighted by Crippen LogP contribution is -2.00. The third kappa shape index (κ3) is 2.79. The van der Waals surface area contributed by atoms with Gasteiger partial charge in [-0.25, -0.2) is 4.39 Å². The first-order valence-corrected chi connectivity index (χ1v) is 5.14. The second kappa shape index (κ2) is 4.75. The van der Waals surface area contributed by atoms with Crippen molar-refractivity contribution in [2.24, 2.45) is 0 Å². The molecule has 0 aliphatic carbocycles. The molecular formula is C13H13FN2. The van der Waals surface area contributed by atoms with Crippen molar-refractivity contribution in [3.8, 4) is 0 Å². The van der Waals surface area contributed by atoms with E-state index in [4.69, 9.17) is 0 Å². The molecule has 2 aromatic rings. The van der Waals surface area contributed by atoms with Crippen molar-refractivity contribution in [3.63, 3.8) is 0 Å². The van der Waals surface area contributed by atoms with Gasteiger partial charge in [0.25, 0.3) is 0 Å². The molecule has 0 saturated carbocycles. The summed E-state index contributed by atoms with van der Waals surface area (Å²) in [6.07, 6.45) is 3.62. The van der Waals surface area contributed by atoms with Crippen molar-refractivity contribution in [2.45, 2.75) is 13.5 Å². The summed E-state index contributed by atoms with van der Waals surface area (Å²) in [6.45, 7) is 2.65. The Hall–Kier alpha value is -1.90. The van der Waals surface area contributed by atoms with Crippen LogP contribution >= 0.6 is 0 Å². The monoisotopic (exact) mass is 216 g/mol. The van der Waals surface area contributed by atoms with Crippen molar-refractivity contribution in [1.82, 2.24) is 4.98 Å². The molecule has 0 fully saturated rings. The zero-order chi connectivity index (χ0) is 11.4. The summed E-state index contributed by atoms with van der Waals surface area (Å²) in [5, 5.41) is 3.15. The molecule has 0 spiro atoms. The molecule has 1 aromatic heterocycles. The zero-order valence-corrected chi connectivity index (χ0v) is 9.07. The fourth-order valence-electron chi connectivity index (χ4n) is 1.52. The van der Waals surface area contributed by atoms with Crippen molar-refractivity contribution in [1.29, 1.82) is 0 Å². The molecule has 2 nitrogen and oxygen atoms in total. The Balaban J connectivity index is 2.02. The van der Waals surface area contributed by atoms with Crippen LogP contribution in [-0.2, 0) is 6.54 Å². The minimum absolute atomic E-state index is 0.229. The molecule has 82 valence electrons. The van der Waals surface area contributed by atoms with Gasteiger partial charge in [0, 0.05) is 24.6 Å². The van der Waals surface area contributed by atoms with E-state index in [0.29, 0.717) is 6.54 Å². The maximum atomic E-state index is 12.9. The Kier molecular flexibility index (Phi) is 3.15. The molecule has 0 atom stereocenters. The molecule has 3 heteroatoms. The Labute approximate surface area is 94.2 Å². The van der Waals surface area contributed by atoms with Crippen LogP contribution in [0, 0.1) is 12.7 Å². The predicted molar refractivity (Wildman–Crippen MR) is 62.7 cm³/mol. The molecule has 1 heterocycles. The third-order valence-electron chi connectivity index (χ3n) is 2.25. The summed E-state index contributed by atoms with van der Waals surface area (Å²) in [4.78, 5) is 4.10. The molecule has 0 unspecified atom stereocenters. The van der Waals surface area contributed by atoms with Crippen molar-refractivity contribution in [3.05, 3.63) is 59.7 Å². The Morgan fingerprint density at radius 2 is 2.12 bits per heavy atom. The van der Waals surface area contributed by atoms with Crippen LogP contribution in [0.4, 0.5) is 10.1 Å². The molecule has 0 saturated heterocycles. The smallest absolute Gasteiger partial charge is 0.125 e. The van der Waals surface area contributed by atoms with E-state index in [-0.39, 0.29) is 5.82 Å². The van der Waals surface area contributed by atoms with E-state index in [1.54, 1.807) is 12.3 Å². The number of hydrogen-bond acceptors (Lipinski definition) is 2. The number of halogens is 1. The molecular weight excluding hydrogens is 203 g/mol. The highest BCUT2D eigenvalue weighted by Gasteiger charge is 1.96. The number of aromatic nitrogens is 1. The molecule has 2 rings (SSSR count). The Bertz CT molecular complexity index is 437. The van der Waals surface area contributed by atoms with Gasteiger partial charge in [0.05, 0.1) is 0 Å². The second-order valence-electron chi connectivity index (χ2n) is 3.73. The number of nitrogens with zero attached hydrogens (tertiary/aromatic N) is 1. The van der Waals surface area contributed by atoms with E-state index in [9.17, 15) is 4.39 Å². The number of rotatable bonds is 3. The quantitative estimate of drug-likeness (QED) is 0.852. The van der Waals surface area contributed by atoms with Gasteiger partial charge in [-0.15, -0.1) is 0 Å². The molecule has 0 aliphatic rings. The van der Waals surface area contributed by atoms with Crippen LogP contribution in [0.2, 0.25) is 0 Å². The van der Waals surface area contributed by atoms with E-state index in [2.05, 4.69) is 16.4 Å². The van der Waals surface area contributed by atoms with Crippen LogP contribution in [0.15, 0.2) is 42.7 Å². The lowest BCUT2D eigenvalue weighted by molar-refractivity contribution is 0.628. The SMILES string of the molecule is Cc1cncc(CNc2cccc(F)c2)c1. The zero-order valence-electron chi connectivity index (χ0n) is 9.07. The molecule has 0 aliphatic heterocycles. The lowest BCUT2D eigenvalue weighted by Gasteiger charge is -2.06. The average molecular weight is 216 g/mol. The van der Waals surface area contributed by atoms with Gasteiger partial charge in [0.1, 0.15) is 5.82 Å². The molecule has 1 N–H and O–H groups in total. The molecule has 0 bridgehead atoms. The second-order valence-corrected chi connectivity index (χ2v) is 3.73. The molecule has 1 aromatic carbocycles. The van der Waals surface area contributed by atoms with Gasteiger partial charge in [-0.2, -0.15) is 0 Å². The number of aryl methyl sites for hydroxylation is 1. The fraction of sp³-hybridized carbons (Fsp3) is 0.154. The van der Waals surface area contributed by atoms with Gasteiger partial charge in [0.15, 0.2) is 0 Å². The van der Waals surface area contributed by atoms with Crippen molar-refractivity contribution < 1.29 is 4.39 Å². The summed E-state index contributed by atoms with van der Waals surface area (Å²) in [5.74, 6) is -0.229. The van der Waals surface area contributed by atoms with Gasteiger partial charge in [-0.05, 0) is 36.2 Å². The highest BCUT2D eigenvalue weighted by molar-refractivity contribution is 5.43. The van der Waals surface area contributed by atoms with Gasteiger partial charge in [0.2, 0.25) is 0 Å². The van der Waals surface area contributed by atoms with E-state index >= 15 is 0 Å². The van der Waals surface area contributed by atoms with Gasteiger partial charge in [-0.1, -0.05) is 12.1 Å². The van der Waals surface area contributed by atoms with Crippen LogP contribution in [0.1, 0.15) is 11.1 Å². The maximum Gasteiger partial charge on any atom is 0.125 e. The minimum atomic E-state index is -0.229. The maximum absolute atomic E-state index is 12.9. The highest BCUT2D eigenvalue weighted by Crippen LogP contribution is 2.11. The van der Waals surface area contributed by atoms with Crippen LogP contribution < -0.4 is 5.32 Å². The largest absolute Gasteiger partial charge is 0.381 e. The predicted octanol–water partition coefficient (Wildman–Crippen LogP) is 3.14. The fourth-order valence-corrected chi connectivity index (χ4v) is 1.52. The van der Waals surface area contributed by atoms with E-state index in [1.165, 1.54) is 12.1 Å². The summed E-state index contributed by atoms with van der Waals surface area (Å²) >= 11 is 0. The standard InChI is InChI=1S/C13H13FN2/c1-10-5-11(8-15-7-10)9-16-13-4-2-3-12(14)6-13/h2-8,16H,9H2,1H3. The summed E-state index contributed by atoms with van der Waals surface area (Å²) < 4.78 is 12.9. The number of benzene rings is 1. The summed E-state index contributed by atoms with van der Waals surface area (Å²) in [7, 11) is 0. The number of hydrogen-bond donors (Lipinski definition) is 1. The van der Waals surface area contributed by atoms with Gasteiger partial charge in [-0.3, -0.25) is 4.98 Å². The van der Waals surface area contributed by atoms with Crippen LogP contribution in [0.3, 0.4) is 0 Å². The number of anilines is 1. The highest BCUT2D eigenvalue weighted by atomic mass is 19.1. The first-order chi connectivity index (χ1) is 7.74. The van der Waals surface area contributed by atoms with Gasteiger partial charge >= 0.3 is 0 Å². The summed E-state index contributed by atoms with van der Waals surface area (Å²) in [5.41, 5.74) is 2.99. The topological polar surface area (TPSA) is 24.9 Å². The van der Waals surface area contributed by atoms with Crippen LogP contribution in [0.25, 0.3) is 0 Å². The van der Waals surface area contributed by atoms with Crippen molar-refractivity contribution >= 4 is 5.69 Å². The van der Waals surface area contributed by atoms with E-state index in [0.717, 1.165) is 16.8 Å². The molecule has 0 amide bonds. The van der Waals surface area contributed by atoms with Crippen LogP contribution in [0.5, 0.6) is 0 Å². The normalized spacial score (nSPS) is 10.1. The first-order valence-electron chi connectivity index (χ1n) is 5.14. The minimum Gasteiger partial charge on any atom is -0.381 e. The van der Waals surface area contributed by atoms with Crippen molar-refractivity contribution in [2.75, 3.05) is 5.32 Å².